The number of likely N-dealkylation sites (N-methyl/N-ethyl adjacent to an activating group) is 1. The molecule has 5 nitrogen and oxygen atoms in total. The normalized spacial score (nSPS) is 19.9. The van der Waals surface area contributed by atoms with Crippen molar-refractivity contribution in [1.29, 1.82) is 0 Å². The second-order valence-corrected chi connectivity index (χ2v) is 6.83. The Balaban J connectivity index is 1.85. The number of aromatic nitrogens is 2. The summed E-state index contributed by atoms with van der Waals surface area (Å²) in [6.45, 7) is 9.30. The van der Waals surface area contributed by atoms with Gasteiger partial charge in [-0.25, -0.2) is 0 Å². The monoisotopic (exact) mass is 314 g/mol. The Morgan fingerprint density at radius 3 is 2.70 bits per heavy atom. The summed E-state index contributed by atoms with van der Waals surface area (Å²) in [5.74, 6) is 1.45. The third-order valence-electron chi connectivity index (χ3n) is 4.87. The summed E-state index contributed by atoms with van der Waals surface area (Å²) in [5, 5.41) is 7.64. The maximum absolute atomic E-state index is 5.63. The summed E-state index contributed by atoms with van der Waals surface area (Å²) in [7, 11) is 2.11. The van der Waals surface area contributed by atoms with Crippen molar-refractivity contribution < 1.29 is 4.52 Å². The lowest BCUT2D eigenvalue weighted by molar-refractivity contribution is 0.190. The molecule has 0 aliphatic carbocycles. The van der Waals surface area contributed by atoms with Crippen LogP contribution in [0, 0.1) is 0 Å². The van der Waals surface area contributed by atoms with Gasteiger partial charge in [0.15, 0.2) is 5.82 Å². The Morgan fingerprint density at radius 1 is 1.30 bits per heavy atom. The first-order valence-electron chi connectivity index (χ1n) is 8.37. The Morgan fingerprint density at radius 2 is 2.04 bits per heavy atom. The lowest BCUT2D eigenvalue weighted by Gasteiger charge is -2.30. The molecule has 0 spiro atoms. The first-order valence-corrected chi connectivity index (χ1v) is 8.37. The Kier molecular flexibility index (Phi) is 4.50. The van der Waals surface area contributed by atoms with Crippen LogP contribution in [0.15, 0.2) is 28.8 Å². The first-order chi connectivity index (χ1) is 11.0. The molecule has 1 aromatic heterocycles. The third-order valence-corrected chi connectivity index (χ3v) is 4.87. The largest absolute Gasteiger partial charge is 0.338 e. The van der Waals surface area contributed by atoms with Gasteiger partial charge in [-0.3, -0.25) is 4.90 Å². The van der Waals surface area contributed by atoms with Crippen molar-refractivity contribution in [3.63, 3.8) is 0 Å². The van der Waals surface area contributed by atoms with Crippen molar-refractivity contribution in [2.75, 3.05) is 26.7 Å². The van der Waals surface area contributed by atoms with Crippen LogP contribution < -0.4 is 5.32 Å². The Hall–Kier alpha value is -1.72. The maximum atomic E-state index is 5.63. The van der Waals surface area contributed by atoms with Crippen molar-refractivity contribution in [2.24, 2.45) is 0 Å². The van der Waals surface area contributed by atoms with E-state index in [0.29, 0.717) is 5.89 Å². The van der Waals surface area contributed by atoms with Crippen LogP contribution in [0.2, 0.25) is 0 Å². The molecule has 0 radical (unpaired) electrons. The second kappa shape index (κ2) is 6.42. The molecule has 1 fully saturated rings. The maximum Gasteiger partial charge on any atom is 0.236 e. The lowest BCUT2D eigenvalue weighted by atomic mass is 9.84. The second-order valence-electron chi connectivity index (χ2n) is 6.83. The number of nitrogens with one attached hydrogen (secondary N) is 1. The van der Waals surface area contributed by atoms with Crippen LogP contribution in [0.1, 0.15) is 49.7 Å². The highest BCUT2D eigenvalue weighted by Crippen LogP contribution is 2.31. The summed E-state index contributed by atoms with van der Waals surface area (Å²) >= 11 is 0. The molecule has 1 aromatic carbocycles. The molecule has 1 unspecified atom stereocenters. The molecule has 5 heteroatoms. The summed E-state index contributed by atoms with van der Waals surface area (Å²) < 4.78 is 5.63. The SMILES string of the molecule is CCc1ccc(C(C)(C)c2nc(C3CNCCN3C)no2)cc1. The standard InChI is InChI=1S/C18H26N4O/c1-5-13-6-8-14(9-7-13)18(2,3)17-20-16(21-23-17)15-12-19-10-11-22(15)4/h6-9,15,19H,5,10-12H2,1-4H3. The number of hydrogen-bond donors (Lipinski definition) is 1. The van der Waals surface area contributed by atoms with E-state index in [-0.39, 0.29) is 11.5 Å². The van der Waals surface area contributed by atoms with Crippen LogP contribution >= 0.6 is 0 Å². The molecule has 1 N–H and O–H groups in total. The van der Waals surface area contributed by atoms with E-state index in [4.69, 9.17) is 9.51 Å². The van der Waals surface area contributed by atoms with Crippen molar-refractivity contribution in [1.82, 2.24) is 20.4 Å². The van der Waals surface area contributed by atoms with Gasteiger partial charge in [-0.1, -0.05) is 36.3 Å². The fourth-order valence-corrected chi connectivity index (χ4v) is 3.00. The molecule has 1 atom stereocenters. The zero-order valence-corrected chi connectivity index (χ0v) is 14.5. The van der Waals surface area contributed by atoms with Crippen molar-refractivity contribution in [3.05, 3.63) is 47.1 Å². The minimum absolute atomic E-state index is 0.180. The van der Waals surface area contributed by atoms with E-state index in [0.717, 1.165) is 31.9 Å². The molecular weight excluding hydrogens is 288 g/mol. The van der Waals surface area contributed by atoms with E-state index in [1.165, 1.54) is 11.1 Å². The van der Waals surface area contributed by atoms with E-state index in [1.54, 1.807) is 0 Å². The average Bonchev–Trinajstić information content (AvgIpc) is 3.06. The Bertz CT molecular complexity index is 647. The van der Waals surface area contributed by atoms with Gasteiger partial charge in [0.1, 0.15) is 0 Å². The molecule has 2 aromatic rings. The molecule has 0 amide bonds. The number of hydrogen-bond acceptors (Lipinski definition) is 5. The molecule has 2 heterocycles. The van der Waals surface area contributed by atoms with Gasteiger partial charge in [0, 0.05) is 19.6 Å². The van der Waals surface area contributed by atoms with Gasteiger partial charge in [0.25, 0.3) is 0 Å². The van der Waals surface area contributed by atoms with E-state index < -0.39 is 0 Å². The molecular formula is C18H26N4O. The van der Waals surface area contributed by atoms with Crippen LogP contribution in [0.4, 0.5) is 0 Å². The highest BCUT2D eigenvalue weighted by atomic mass is 16.5. The predicted octanol–water partition coefficient (Wildman–Crippen LogP) is 2.53. The van der Waals surface area contributed by atoms with Crippen LogP contribution in [0.5, 0.6) is 0 Å². The Labute approximate surface area is 138 Å². The number of nitrogens with zero attached hydrogens (tertiary/aromatic N) is 3. The van der Waals surface area contributed by atoms with Gasteiger partial charge in [-0.05, 0) is 38.4 Å². The zero-order chi connectivity index (χ0) is 16.4. The molecule has 1 saturated heterocycles. The summed E-state index contributed by atoms with van der Waals surface area (Å²) in [6.07, 6.45) is 1.05. The quantitative estimate of drug-likeness (QED) is 0.940. The molecule has 1 aliphatic rings. The van der Waals surface area contributed by atoms with Gasteiger partial charge in [0.05, 0.1) is 11.5 Å². The molecule has 3 rings (SSSR count). The van der Waals surface area contributed by atoms with E-state index >= 15 is 0 Å². The van der Waals surface area contributed by atoms with Gasteiger partial charge < -0.3 is 9.84 Å². The molecule has 124 valence electrons. The average molecular weight is 314 g/mol. The van der Waals surface area contributed by atoms with E-state index in [1.807, 2.05) is 0 Å². The third kappa shape index (κ3) is 3.16. The fraction of sp³-hybridized carbons (Fsp3) is 0.556. The van der Waals surface area contributed by atoms with E-state index in [2.05, 4.69) is 67.5 Å². The van der Waals surface area contributed by atoms with Crippen molar-refractivity contribution >= 4 is 0 Å². The molecule has 1 aliphatic heterocycles. The molecule has 23 heavy (non-hydrogen) atoms. The van der Waals surface area contributed by atoms with Crippen LogP contribution in [-0.4, -0.2) is 41.7 Å². The number of piperazine rings is 1. The van der Waals surface area contributed by atoms with Gasteiger partial charge in [-0.2, -0.15) is 4.98 Å². The van der Waals surface area contributed by atoms with Crippen LogP contribution in [0.25, 0.3) is 0 Å². The van der Waals surface area contributed by atoms with Gasteiger partial charge in [-0.15, -0.1) is 0 Å². The minimum Gasteiger partial charge on any atom is -0.338 e. The summed E-state index contributed by atoms with van der Waals surface area (Å²) in [6, 6.07) is 8.86. The number of rotatable bonds is 4. The first kappa shape index (κ1) is 16.1. The number of aryl methyl sites for hydroxylation is 1. The van der Waals surface area contributed by atoms with Gasteiger partial charge in [0.2, 0.25) is 5.89 Å². The topological polar surface area (TPSA) is 54.2 Å². The highest BCUT2D eigenvalue weighted by molar-refractivity contribution is 5.32. The van der Waals surface area contributed by atoms with Gasteiger partial charge >= 0.3 is 0 Å². The van der Waals surface area contributed by atoms with Crippen molar-refractivity contribution in [3.8, 4) is 0 Å². The highest BCUT2D eigenvalue weighted by Gasteiger charge is 2.32. The van der Waals surface area contributed by atoms with Crippen LogP contribution in [-0.2, 0) is 11.8 Å². The van der Waals surface area contributed by atoms with E-state index in [9.17, 15) is 0 Å². The number of benzene rings is 1. The summed E-state index contributed by atoms with van der Waals surface area (Å²) in [4.78, 5) is 6.99. The zero-order valence-electron chi connectivity index (χ0n) is 14.5. The van der Waals surface area contributed by atoms with Crippen LogP contribution in [0.3, 0.4) is 0 Å². The minimum atomic E-state index is -0.293. The fourth-order valence-electron chi connectivity index (χ4n) is 3.00. The summed E-state index contributed by atoms with van der Waals surface area (Å²) in [5.41, 5.74) is 2.24. The van der Waals surface area contributed by atoms with Crippen molar-refractivity contribution in [2.45, 2.75) is 38.6 Å². The predicted molar refractivity (Wildman–Crippen MR) is 90.5 cm³/mol. The smallest absolute Gasteiger partial charge is 0.236 e. The molecule has 0 bridgehead atoms. The molecule has 0 saturated carbocycles. The lowest BCUT2D eigenvalue weighted by Crippen LogP contribution is -2.44.